The second-order valence-electron chi connectivity index (χ2n) is 8.46. The Bertz CT molecular complexity index is 1040. The molecule has 0 aromatic carbocycles. The van der Waals surface area contributed by atoms with Gasteiger partial charge in [-0.05, 0) is 69.2 Å². The zero-order valence-corrected chi connectivity index (χ0v) is 17.0. The quantitative estimate of drug-likeness (QED) is 0.672. The lowest BCUT2D eigenvalue weighted by Gasteiger charge is -2.32. The molecule has 4 heterocycles. The zero-order valence-electron chi connectivity index (χ0n) is 17.0. The molecule has 150 valence electrons. The molecular formula is C23H26N4O2. The highest BCUT2D eigenvalue weighted by atomic mass is 16.5. The van der Waals surface area contributed by atoms with E-state index in [9.17, 15) is 4.79 Å². The molecule has 2 aliphatic rings. The molecule has 6 nitrogen and oxygen atoms in total. The van der Waals surface area contributed by atoms with Crippen molar-refractivity contribution in [1.29, 1.82) is 0 Å². The van der Waals surface area contributed by atoms with Crippen LogP contribution in [0.2, 0.25) is 0 Å². The summed E-state index contributed by atoms with van der Waals surface area (Å²) in [4.78, 5) is 24.1. The van der Waals surface area contributed by atoms with Crippen molar-refractivity contribution in [2.75, 3.05) is 13.1 Å². The van der Waals surface area contributed by atoms with Crippen LogP contribution in [0.4, 0.5) is 0 Å². The topological polar surface area (TPSA) is 72.1 Å². The maximum atomic E-state index is 12.7. The molecule has 0 N–H and O–H groups in total. The highest BCUT2D eigenvalue weighted by Crippen LogP contribution is 2.40. The summed E-state index contributed by atoms with van der Waals surface area (Å²) in [6, 6.07) is 6.55. The number of nitrogens with zero attached hydrogens (tertiary/aromatic N) is 4. The van der Waals surface area contributed by atoms with Crippen LogP contribution < -0.4 is 0 Å². The molecule has 0 spiro atoms. The van der Waals surface area contributed by atoms with Gasteiger partial charge < -0.3 is 9.42 Å². The third kappa shape index (κ3) is 3.63. The molecule has 3 aromatic heterocycles. The summed E-state index contributed by atoms with van der Waals surface area (Å²) in [5.41, 5.74) is 5.01. The number of likely N-dealkylation sites (tertiary alicyclic amines) is 1. The first-order valence-corrected chi connectivity index (χ1v) is 10.5. The molecule has 0 unspecified atom stereocenters. The largest absolute Gasteiger partial charge is 0.361 e. The maximum Gasteiger partial charge on any atom is 0.227 e. The number of carbonyl (C=O) groups is 1. The first-order chi connectivity index (χ1) is 14.1. The van der Waals surface area contributed by atoms with Gasteiger partial charge in [-0.1, -0.05) is 5.16 Å². The van der Waals surface area contributed by atoms with Gasteiger partial charge in [0.1, 0.15) is 5.76 Å². The number of aryl methyl sites for hydroxylation is 2. The van der Waals surface area contributed by atoms with E-state index >= 15 is 0 Å². The predicted octanol–water partition coefficient (Wildman–Crippen LogP) is 4.06. The monoisotopic (exact) mass is 390 g/mol. The number of aromatic nitrogens is 3. The van der Waals surface area contributed by atoms with Gasteiger partial charge >= 0.3 is 0 Å². The van der Waals surface area contributed by atoms with Gasteiger partial charge in [0.15, 0.2) is 5.65 Å². The summed E-state index contributed by atoms with van der Waals surface area (Å²) in [6.07, 6.45) is 6.80. The number of carbonyl (C=O) groups excluding carboxylic acids is 1. The van der Waals surface area contributed by atoms with Crippen LogP contribution in [0, 0.1) is 13.8 Å². The summed E-state index contributed by atoms with van der Waals surface area (Å²) in [6.45, 7) is 5.28. The van der Waals surface area contributed by atoms with Crippen LogP contribution in [0.1, 0.15) is 65.8 Å². The van der Waals surface area contributed by atoms with Gasteiger partial charge in [-0.3, -0.25) is 4.79 Å². The van der Waals surface area contributed by atoms with Crippen molar-refractivity contribution in [3.8, 4) is 0 Å². The molecule has 0 bridgehead atoms. The van der Waals surface area contributed by atoms with E-state index in [-0.39, 0.29) is 5.91 Å². The molecule has 3 aromatic rings. The third-order valence-corrected chi connectivity index (χ3v) is 6.41. The van der Waals surface area contributed by atoms with Crippen molar-refractivity contribution in [1.82, 2.24) is 20.0 Å². The van der Waals surface area contributed by atoms with Crippen LogP contribution in [0.5, 0.6) is 0 Å². The highest BCUT2D eigenvalue weighted by molar-refractivity contribution is 5.79. The summed E-state index contributed by atoms with van der Waals surface area (Å²) in [5.74, 6) is 1.98. The van der Waals surface area contributed by atoms with Gasteiger partial charge in [0, 0.05) is 41.8 Å². The van der Waals surface area contributed by atoms with Crippen molar-refractivity contribution < 1.29 is 9.32 Å². The second kappa shape index (κ2) is 7.25. The Labute approximate surface area is 170 Å². The maximum absolute atomic E-state index is 12.7. The van der Waals surface area contributed by atoms with Crippen LogP contribution in [0.15, 0.2) is 28.9 Å². The normalized spacial score (nSPS) is 17.8. The Kier molecular flexibility index (Phi) is 4.57. The predicted molar refractivity (Wildman–Crippen MR) is 110 cm³/mol. The van der Waals surface area contributed by atoms with Crippen molar-refractivity contribution >= 4 is 16.9 Å². The molecule has 1 aliphatic heterocycles. The molecule has 2 fully saturated rings. The van der Waals surface area contributed by atoms with Crippen LogP contribution in [-0.2, 0) is 11.2 Å². The van der Waals surface area contributed by atoms with Gasteiger partial charge in [-0.15, -0.1) is 0 Å². The molecular weight excluding hydrogens is 364 g/mol. The Morgan fingerprint density at radius 1 is 1.14 bits per heavy atom. The van der Waals surface area contributed by atoms with E-state index in [1.54, 1.807) is 0 Å². The molecule has 0 atom stereocenters. The SMILES string of the molecule is Cc1noc(C)c1CC(=O)N1CCC(c2ccc3cc(C4CC4)cnc3n2)CC1. The molecule has 1 aliphatic carbocycles. The first-order valence-electron chi connectivity index (χ1n) is 10.5. The molecule has 1 saturated heterocycles. The Morgan fingerprint density at radius 3 is 2.62 bits per heavy atom. The molecule has 29 heavy (non-hydrogen) atoms. The van der Waals surface area contributed by atoms with Gasteiger partial charge in [0.2, 0.25) is 5.91 Å². The molecule has 1 saturated carbocycles. The van der Waals surface area contributed by atoms with E-state index in [0.29, 0.717) is 18.3 Å². The average molecular weight is 390 g/mol. The number of pyridine rings is 2. The standard InChI is InChI=1S/C23H26N4O2/c1-14-20(15(2)29-26-14)12-22(28)27-9-7-17(8-10-27)21-6-5-18-11-19(16-3-4-16)13-24-23(18)25-21/h5-6,11,13,16-17H,3-4,7-10,12H2,1-2H3. The average Bonchev–Trinajstić information content (AvgIpc) is 3.55. The van der Waals surface area contributed by atoms with Gasteiger partial charge in [-0.2, -0.15) is 0 Å². The summed E-state index contributed by atoms with van der Waals surface area (Å²) in [5, 5.41) is 5.08. The van der Waals surface area contributed by atoms with E-state index in [4.69, 9.17) is 9.51 Å². The number of rotatable bonds is 4. The van der Waals surface area contributed by atoms with Crippen LogP contribution in [0.3, 0.4) is 0 Å². The fourth-order valence-electron chi connectivity index (χ4n) is 4.35. The van der Waals surface area contributed by atoms with Crippen LogP contribution >= 0.6 is 0 Å². The number of hydrogen-bond acceptors (Lipinski definition) is 5. The van der Waals surface area contributed by atoms with Crippen LogP contribution in [-0.4, -0.2) is 39.0 Å². The second-order valence-corrected chi connectivity index (χ2v) is 8.46. The fraction of sp³-hybridized carbons (Fsp3) is 0.478. The van der Waals surface area contributed by atoms with E-state index in [2.05, 4.69) is 28.3 Å². The number of hydrogen-bond donors (Lipinski definition) is 0. The number of amides is 1. The lowest BCUT2D eigenvalue weighted by Crippen LogP contribution is -2.39. The van der Waals surface area contributed by atoms with E-state index < -0.39 is 0 Å². The van der Waals surface area contributed by atoms with Crippen molar-refractivity contribution in [3.63, 3.8) is 0 Å². The van der Waals surface area contributed by atoms with E-state index in [1.807, 2.05) is 24.9 Å². The zero-order chi connectivity index (χ0) is 20.0. The van der Waals surface area contributed by atoms with Gasteiger partial charge in [-0.25, -0.2) is 9.97 Å². The minimum absolute atomic E-state index is 0.151. The van der Waals surface area contributed by atoms with Crippen molar-refractivity contribution in [2.24, 2.45) is 0 Å². The van der Waals surface area contributed by atoms with Crippen molar-refractivity contribution in [3.05, 3.63) is 52.7 Å². The molecule has 1 amide bonds. The Morgan fingerprint density at radius 2 is 1.93 bits per heavy atom. The highest BCUT2D eigenvalue weighted by Gasteiger charge is 2.27. The smallest absolute Gasteiger partial charge is 0.227 e. The summed E-state index contributed by atoms with van der Waals surface area (Å²) < 4.78 is 5.18. The van der Waals surface area contributed by atoms with Crippen molar-refractivity contribution in [2.45, 2.75) is 57.8 Å². The minimum atomic E-state index is 0.151. The van der Waals surface area contributed by atoms with Crippen LogP contribution in [0.25, 0.3) is 11.0 Å². The fourth-order valence-corrected chi connectivity index (χ4v) is 4.35. The molecule has 0 radical (unpaired) electrons. The minimum Gasteiger partial charge on any atom is -0.361 e. The summed E-state index contributed by atoms with van der Waals surface area (Å²) >= 11 is 0. The van der Waals surface area contributed by atoms with Gasteiger partial charge in [0.25, 0.3) is 0 Å². The molecule has 6 heteroatoms. The number of piperidine rings is 1. The first kappa shape index (κ1) is 18.3. The van der Waals surface area contributed by atoms with E-state index in [0.717, 1.165) is 59.7 Å². The lowest BCUT2D eigenvalue weighted by molar-refractivity contribution is -0.131. The molecule has 5 rings (SSSR count). The Hall–Kier alpha value is -2.76. The summed E-state index contributed by atoms with van der Waals surface area (Å²) in [7, 11) is 0. The van der Waals surface area contributed by atoms with E-state index in [1.165, 1.54) is 18.4 Å². The third-order valence-electron chi connectivity index (χ3n) is 6.41. The lowest BCUT2D eigenvalue weighted by atomic mass is 9.92. The van der Waals surface area contributed by atoms with Gasteiger partial charge in [0.05, 0.1) is 12.1 Å². The Balaban J connectivity index is 1.24. The number of fused-ring (bicyclic) bond motifs is 1.